The Morgan fingerprint density at radius 1 is 1.33 bits per heavy atom. The van der Waals surface area contributed by atoms with Crippen molar-refractivity contribution in [1.82, 2.24) is 9.88 Å². The van der Waals surface area contributed by atoms with Crippen LogP contribution in [0.4, 0.5) is 5.82 Å². The molecule has 0 bridgehead atoms. The lowest BCUT2D eigenvalue weighted by Gasteiger charge is -2.21. The number of anilines is 1. The van der Waals surface area contributed by atoms with Gasteiger partial charge in [0, 0.05) is 30.9 Å². The zero-order valence-corrected chi connectivity index (χ0v) is 13.5. The highest BCUT2D eigenvalue weighted by molar-refractivity contribution is 5.95. The molecule has 1 aliphatic rings. The fourth-order valence-electron chi connectivity index (χ4n) is 2.52. The molecule has 4 nitrogen and oxygen atoms in total. The molecule has 1 aromatic heterocycles. The minimum absolute atomic E-state index is 0.142. The third-order valence-electron chi connectivity index (χ3n) is 3.83. The molecule has 1 saturated carbocycles. The predicted octanol–water partition coefficient (Wildman–Crippen LogP) is 3.34. The van der Waals surface area contributed by atoms with E-state index in [1.54, 1.807) is 0 Å². The number of aromatic nitrogens is 1. The normalized spacial score (nSPS) is 14.0. The maximum Gasteiger partial charge on any atom is 0.254 e. The van der Waals surface area contributed by atoms with E-state index < -0.39 is 0 Å². The summed E-state index contributed by atoms with van der Waals surface area (Å²) < 4.78 is 0. The summed E-state index contributed by atoms with van der Waals surface area (Å²) in [6.07, 6.45) is 4.48. The van der Waals surface area contributed by atoms with E-state index >= 15 is 0 Å². The summed E-state index contributed by atoms with van der Waals surface area (Å²) >= 11 is 0. The highest BCUT2D eigenvalue weighted by atomic mass is 16.2. The first-order valence-corrected chi connectivity index (χ1v) is 8.22. The minimum Gasteiger partial charge on any atom is -0.370 e. The van der Waals surface area contributed by atoms with Gasteiger partial charge in [0.15, 0.2) is 0 Å². The van der Waals surface area contributed by atoms with Crippen LogP contribution in [0.3, 0.4) is 0 Å². The second-order valence-corrected chi connectivity index (χ2v) is 5.80. The topological polar surface area (TPSA) is 45.2 Å². The van der Waals surface area contributed by atoms with Crippen molar-refractivity contribution in [3.05, 3.63) is 23.4 Å². The van der Waals surface area contributed by atoms with Gasteiger partial charge < -0.3 is 10.2 Å². The lowest BCUT2D eigenvalue weighted by Crippen LogP contribution is -2.32. The van der Waals surface area contributed by atoms with Gasteiger partial charge >= 0.3 is 0 Å². The molecule has 0 aromatic carbocycles. The average Bonchev–Trinajstić information content (AvgIpc) is 3.28. The number of aryl methyl sites for hydroxylation is 1. The van der Waals surface area contributed by atoms with E-state index in [0.29, 0.717) is 0 Å². The Bertz CT molecular complexity index is 459. The van der Waals surface area contributed by atoms with Crippen molar-refractivity contribution in [3.8, 4) is 0 Å². The predicted molar refractivity (Wildman–Crippen MR) is 86.7 cm³/mol. The Balaban J connectivity index is 2.20. The number of hydrogen-bond donors (Lipinski definition) is 1. The molecule has 4 heteroatoms. The van der Waals surface area contributed by atoms with Crippen molar-refractivity contribution < 1.29 is 4.79 Å². The summed E-state index contributed by atoms with van der Waals surface area (Å²) in [5, 5.41) is 3.23. The Morgan fingerprint density at radius 3 is 2.67 bits per heavy atom. The average molecular weight is 289 g/mol. The van der Waals surface area contributed by atoms with Crippen molar-refractivity contribution in [2.24, 2.45) is 5.92 Å². The smallest absolute Gasteiger partial charge is 0.254 e. The summed E-state index contributed by atoms with van der Waals surface area (Å²) in [6.45, 7) is 8.72. The molecule has 1 fully saturated rings. The Hall–Kier alpha value is -1.58. The first-order valence-electron chi connectivity index (χ1n) is 8.22. The second kappa shape index (κ2) is 7.43. The van der Waals surface area contributed by atoms with Gasteiger partial charge in [0.1, 0.15) is 5.82 Å². The van der Waals surface area contributed by atoms with E-state index in [1.165, 1.54) is 12.8 Å². The number of carbonyl (C=O) groups excluding carboxylic acids is 1. The SMILES string of the molecule is CCCc1cc(C(=O)N(CC)CC2CC2)cc(NCC)n1. The Kier molecular flexibility index (Phi) is 5.59. The van der Waals surface area contributed by atoms with Gasteiger partial charge in [0.2, 0.25) is 0 Å². The molecule has 0 atom stereocenters. The molecule has 0 spiro atoms. The molecule has 1 amide bonds. The van der Waals surface area contributed by atoms with Crippen LogP contribution < -0.4 is 5.32 Å². The third kappa shape index (κ3) is 4.45. The molecule has 21 heavy (non-hydrogen) atoms. The summed E-state index contributed by atoms with van der Waals surface area (Å²) in [5.41, 5.74) is 1.77. The van der Waals surface area contributed by atoms with Gasteiger partial charge in [-0.15, -0.1) is 0 Å². The summed E-state index contributed by atoms with van der Waals surface area (Å²) in [6, 6.07) is 3.85. The van der Waals surface area contributed by atoms with Crippen molar-refractivity contribution in [2.75, 3.05) is 25.0 Å². The van der Waals surface area contributed by atoms with E-state index in [4.69, 9.17) is 0 Å². The highest BCUT2D eigenvalue weighted by Crippen LogP contribution is 2.30. The number of nitrogens with zero attached hydrogens (tertiary/aromatic N) is 2. The summed E-state index contributed by atoms with van der Waals surface area (Å²) in [7, 11) is 0. The molecule has 0 unspecified atom stereocenters. The largest absolute Gasteiger partial charge is 0.370 e. The first-order chi connectivity index (χ1) is 10.2. The maximum atomic E-state index is 12.7. The fraction of sp³-hybridized carbons (Fsp3) is 0.647. The zero-order chi connectivity index (χ0) is 15.2. The molecule has 1 N–H and O–H groups in total. The van der Waals surface area contributed by atoms with Crippen LogP contribution in [-0.2, 0) is 6.42 Å². The fourth-order valence-corrected chi connectivity index (χ4v) is 2.52. The molecule has 2 rings (SSSR count). The maximum absolute atomic E-state index is 12.7. The van der Waals surface area contributed by atoms with Gasteiger partial charge in [0.25, 0.3) is 5.91 Å². The first kappa shape index (κ1) is 15.8. The monoisotopic (exact) mass is 289 g/mol. The molecule has 116 valence electrons. The molecule has 0 radical (unpaired) electrons. The lowest BCUT2D eigenvalue weighted by atomic mass is 10.1. The number of amides is 1. The number of pyridine rings is 1. The van der Waals surface area contributed by atoms with Gasteiger partial charge in [0.05, 0.1) is 0 Å². The standard InChI is InChI=1S/C17H27N3O/c1-4-7-15-10-14(11-16(19-15)18-5-2)17(21)20(6-3)12-13-8-9-13/h10-11,13H,4-9,12H2,1-3H3,(H,18,19). The van der Waals surface area contributed by atoms with Gasteiger partial charge in [-0.3, -0.25) is 4.79 Å². The molecular formula is C17H27N3O. The van der Waals surface area contributed by atoms with E-state index in [2.05, 4.69) is 24.1 Å². The van der Waals surface area contributed by atoms with Crippen LogP contribution >= 0.6 is 0 Å². The highest BCUT2D eigenvalue weighted by Gasteiger charge is 2.26. The van der Waals surface area contributed by atoms with Crippen LogP contribution in [0.5, 0.6) is 0 Å². The minimum atomic E-state index is 0.142. The molecular weight excluding hydrogens is 262 g/mol. The van der Waals surface area contributed by atoms with Crippen LogP contribution in [0.15, 0.2) is 12.1 Å². The van der Waals surface area contributed by atoms with Crippen LogP contribution in [0.25, 0.3) is 0 Å². The van der Waals surface area contributed by atoms with Crippen molar-refractivity contribution in [2.45, 2.75) is 46.5 Å². The van der Waals surface area contributed by atoms with Crippen LogP contribution in [0.1, 0.15) is 56.1 Å². The van der Waals surface area contributed by atoms with E-state index in [1.807, 2.05) is 24.0 Å². The number of carbonyl (C=O) groups is 1. The van der Waals surface area contributed by atoms with E-state index in [9.17, 15) is 4.79 Å². The van der Waals surface area contributed by atoms with Gasteiger partial charge in [-0.1, -0.05) is 13.3 Å². The van der Waals surface area contributed by atoms with Crippen molar-refractivity contribution in [1.29, 1.82) is 0 Å². The quantitative estimate of drug-likeness (QED) is 0.798. The van der Waals surface area contributed by atoms with Crippen molar-refractivity contribution >= 4 is 11.7 Å². The molecule has 1 aromatic rings. The van der Waals surface area contributed by atoms with Crippen molar-refractivity contribution in [3.63, 3.8) is 0 Å². The Morgan fingerprint density at radius 2 is 2.10 bits per heavy atom. The number of hydrogen-bond acceptors (Lipinski definition) is 3. The number of rotatable bonds is 8. The molecule has 1 heterocycles. The summed E-state index contributed by atoms with van der Waals surface area (Å²) in [4.78, 5) is 19.3. The van der Waals surface area contributed by atoms with Crippen LogP contribution in [-0.4, -0.2) is 35.4 Å². The zero-order valence-electron chi connectivity index (χ0n) is 13.5. The second-order valence-electron chi connectivity index (χ2n) is 5.80. The Labute approximate surface area is 127 Å². The third-order valence-corrected chi connectivity index (χ3v) is 3.83. The molecule has 1 aliphatic carbocycles. The van der Waals surface area contributed by atoms with Gasteiger partial charge in [-0.05, 0) is 51.2 Å². The van der Waals surface area contributed by atoms with Crippen LogP contribution in [0.2, 0.25) is 0 Å². The lowest BCUT2D eigenvalue weighted by molar-refractivity contribution is 0.0756. The van der Waals surface area contributed by atoms with E-state index in [-0.39, 0.29) is 5.91 Å². The number of nitrogens with one attached hydrogen (secondary N) is 1. The molecule has 0 aliphatic heterocycles. The molecule has 0 saturated heterocycles. The van der Waals surface area contributed by atoms with E-state index in [0.717, 1.165) is 55.5 Å². The van der Waals surface area contributed by atoms with Gasteiger partial charge in [-0.25, -0.2) is 4.98 Å². The van der Waals surface area contributed by atoms with Gasteiger partial charge in [-0.2, -0.15) is 0 Å². The summed E-state index contributed by atoms with van der Waals surface area (Å²) in [5.74, 6) is 1.68. The van der Waals surface area contributed by atoms with Crippen LogP contribution in [0, 0.1) is 5.92 Å².